The van der Waals surface area contributed by atoms with E-state index in [1.807, 2.05) is 0 Å². The average molecular weight is 475 g/mol. The van der Waals surface area contributed by atoms with Gasteiger partial charge in [-0.3, -0.25) is 9.59 Å². The molecule has 0 saturated carbocycles. The van der Waals surface area contributed by atoms with E-state index in [1.54, 1.807) is 20.8 Å². The molecule has 1 aliphatic rings. The van der Waals surface area contributed by atoms with Crippen LogP contribution in [-0.2, 0) is 19.1 Å². The summed E-state index contributed by atoms with van der Waals surface area (Å²) in [5.41, 5.74) is -7.42. The third-order valence-electron chi connectivity index (χ3n) is 4.65. The van der Waals surface area contributed by atoms with Gasteiger partial charge in [-0.15, -0.1) is 9.35 Å². The first-order chi connectivity index (χ1) is 14.7. The van der Waals surface area contributed by atoms with Gasteiger partial charge in [0.15, 0.2) is 0 Å². The van der Waals surface area contributed by atoms with E-state index in [-0.39, 0.29) is 22.1 Å². The van der Waals surface area contributed by atoms with E-state index < -0.39 is 49.8 Å². The second kappa shape index (κ2) is 7.74. The van der Waals surface area contributed by atoms with Crippen LogP contribution in [0.5, 0.6) is 5.75 Å². The van der Waals surface area contributed by atoms with Crippen LogP contribution in [-0.4, -0.2) is 42.6 Å². The highest BCUT2D eigenvalue weighted by Crippen LogP contribution is 2.35. The molecule has 0 radical (unpaired) electrons. The zero-order valence-electron chi connectivity index (χ0n) is 16.8. The molecule has 0 bridgehead atoms. The summed E-state index contributed by atoms with van der Waals surface area (Å²) in [6, 6.07) is 6.26. The Balaban J connectivity index is 2.04. The standard InChI is InChI=1S/C19H16F3NO8S/c1-4-18(2,3)30-17(26)29-11-8-10-6-5-7-12-14(10)13(9-11)16(25)23(15(12)24)31-32(27,28)19(20,21)22/h5-9H,4H2,1-3H3. The monoisotopic (exact) mass is 475 g/mol. The Kier molecular flexibility index (Phi) is 5.68. The number of amides is 2. The molecule has 1 aliphatic heterocycles. The van der Waals surface area contributed by atoms with Gasteiger partial charge in [0.2, 0.25) is 0 Å². The fourth-order valence-electron chi connectivity index (χ4n) is 2.74. The summed E-state index contributed by atoms with van der Waals surface area (Å²) >= 11 is 0. The van der Waals surface area contributed by atoms with Crippen LogP contribution in [0, 0.1) is 0 Å². The highest BCUT2D eigenvalue weighted by atomic mass is 32.2. The van der Waals surface area contributed by atoms with Crippen molar-refractivity contribution in [1.29, 1.82) is 0 Å². The summed E-state index contributed by atoms with van der Waals surface area (Å²) in [6.45, 7) is 5.04. The topological polar surface area (TPSA) is 116 Å². The first-order valence-corrected chi connectivity index (χ1v) is 10.4. The minimum Gasteiger partial charge on any atom is -0.428 e. The number of carbonyl (C=O) groups excluding carboxylic acids is 3. The Hall–Kier alpha value is -3.19. The molecule has 0 aromatic heterocycles. The smallest absolute Gasteiger partial charge is 0.428 e. The lowest BCUT2D eigenvalue weighted by atomic mass is 9.95. The van der Waals surface area contributed by atoms with E-state index >= 15 is 0 Å². The maximum atomic E-state index is 12.7. The highest BCUT2D eigenvalue weighted by molar-refractivity contribution is 7.87. The van der Waals surface area contributed by atoms with E-state index in [4.69, 9.17) is 9.47 Å². The minimum atomic E-state index is -6.31. The summed E-state index contributed by atoms with van der Waals surface area (Å²) in [7, 11) is -6.31. The van der Waals surface area contributed by atoms with Gasteiger partial charge >= 0.3 is 21.8 Å². The van der Waals surface area contributed by atoms with Gasteiger partial charge in [0, 0.05) is 5.39 Å². The van der Waals surface area contributed by atoms with Crippen molar-refractivity contribution in [3.63, 3.8) is 0 Å². The number of alkyl halides is 3. The molecular formula is C19H16F3NO8S. The maximum absolute atomic E-state index is 12.7. The lowest BCUT2D eigenvalue weighted by molar-refractivity contribution is -0.0761. The van der Waals surface area contributed by atoms with Gasteiger partial charge < -0.3 is 9.47 Å². The van der Waals surface area contributed by atoms with Crippen molar-refractivity contribution in [2.45, 2.75) is 38.3 Å². The van der Waals surface area contributed by atoms with Crippen molar-refractivity contribution in [2.24, 2.45) is 0 Å². The summed E-state index contributed by atoms with van der Waals surface area (Å²) in [5.74, 6) is -3.11. The van der Waals surface area contributed by atoms with E-state index in [1.165, 1.54) is 24.3 Å². The second-order valence-electron chi connectivity index (χ2n) is 7.32. The lowest BCUT2D eigenvalue weighted by Crippen LogP contribution is -2.44. The summed E-state index contributed by atoms with van der Waals surface area (Å²) in [6.07, 6.45) is -0.638. The van der Waals surface area contributed by atoms with E-state index in [9.17, 15) is 36.0 Å². The Morgan fingerprint density at radius 2 is 1.69 bits per heavy atom. The number of imide groups is 1. The molecule has 0 fully saturated rings. The van der Waals surface area contributed by atoms with Crippen molar-refractivity contribution in [3.8, 4) is 5.75 Å². The number of nitrogens with zero attached hydrogens (tertiary/aromatic N) is 1. The second-order valence-corrected chi connectivity index (χ2v) is 8.84. The largest absolute Gasteiger partial charge is 0.525 e. The molecule has 1 heterocycles. The van der Waals surface area contributed by atoms with E-state index in [0.717, 1.165) is 6.07 Å². The number of hydroxylamine groups is 2. The quantitative estimate of drug-likeness (QED) is 0.277. The van der Waals surface area contributed by atoms with Gasteiger partial charge in [-0.1, -0.05) is 19.1 Å². The molecule has 3 rings (SSSR count). The number of ether oxygens (including phenoxy) is 2. The van der Waals surface area contributed by atoms with Crippen molar-refractivity contribution in [2.75, 3.05) is 0 Å². The highest BCUT2D eigenvalue weighted by Gasteiger charge is 2.51. The van der Waals surface area contributed by atoms with E-state index in [0.29, 0.717) is 6.42 Å². The molecule has 0 aliphatic carbocycles. The van der Waals surface area contributed by atoms with Gasteiger partial charge in [0.25, 0.3) is 11.8 Å². The molecule has 0 spiro atoms. The third kappa shape index (κ3) is 4.25. The molecule has 0 unspecified atom stereocenters. The molecular weight excluding hydrogens is 459 g/mol. The Labute approximate surface area is 179 Å². The number of halogens is 3. The molecule has 13 heteroatoms. The summed E-state index contributed by atoms with van der Waals surface area (Å²) in [4.78, 5) is 37.3. The Bertz CT molecular complexity index is 1240. The van der Waals surface area contributed by atoms with Crippen LogP contribution in [0.3, 0.4) is 0 Å². The molecule has 2 amide bonds. The number of hydrogen-bond acceptors (Lipinski definition) is 8. The summed E-state index contributed by atoms with van der Waals surface area (Å²) in [5, 5.41) is -0.235. The maximum Gasteiger partial charge on any atom is 0.525 e. The predicted octanol–water partition coefficient (Wildman–Crippen LogP) is 3.92. The summed E-state index contributed by atoms with van der Waals surface area (Å²) < 4.78 is 74.9. The molecule has 0 N–H and O–H groups in total. The Morgan fingerprint density at radius 3 is 2.28 bits per heavy atom. The fourth-order valence-corrected chi connectivity index (χ4v) is 3.16. The van der Waals surface area contributed by atoms with Crippen molar-refractivity contribution in [1.82, 2.24) is 5.06 Å². The van der Waals surface area contributed by atoms with Crippen LogP contribution in [0.25, 0.3) is 10.8 Å². The molecule has 172 valence electrons. The number of benzene rings is 2. The van der Waals surface area contributed by atoms with E-state index in [2.05, 4.69) is 4.28 Å². The van der Waals surface area contributed by atoms with Crippen molar-refractivity contribution < 1.29 is 49.7 Å². The lowest BCUT2D eigenvalue weighted by Gasteiger charge is -2.26. The van der Waals surface area contributed by atoms with Gasteiger partial charge in [0.05, 0.1) is 11.1 Å². The molecule has 2 aromatic carbocycles. The molecule has 0 saturated heterocycles. The fraction of sp³-hybridized carbons (Fsp3) is 0.316. The van der Waals surface area contributed by atoms with Crippen LogP contribution in [0.4, 0.5) is 18.0 Å². The third-order valence-corrected chi connectivity index (χ3v) is 5.56. The molecule has 32 heavy (non-hydrogen) atoms. The molecule has 9 nitrogen and oxygen atoms in total. The molecule has 0 atom stereocenters. The number of rotatable bonds is 5. The molecule has 2 aromatic rings. The SMILES string of the molecule is CCC(C)(C)OC(=O)Oc1cc2c3c(cccc3c1)C(=O)N(OS(=O)(=O)C(F)(F)F)C2=O. The van der Waals surface area contributed by atoms with Gasteiger partial charge in [-0.25, -0.2) is 4.79 Å². The number of hydrogen-bond donors (Lipinski definition) is 0. The first kappa shape index (κ1) is 23.5. The van der Waals surface area contributed by atoms with Crippen LogP contribution >= 0.6 is 0 Å². The van der Waals surface area contributed by atoms with Crippen molar-refractivity contribution >= 4 is 38.9 Å². The van der Waals surface area contributed by atoms with Gasteiger partial charge in [-0.05, 0) is 43.9 Å². The zero-order valence-corrected chi connectivity index (χ0v) is 17.7. The first-order valence-electron chi connectivity index (χ1n) is 9.04. The average Bonchev–Trinajstić information content (AvgIpc) is 2.67. The van der Waals surface area contributed by atoms with Crippen LogP contribution in [0.2, 0.25) is 0 Å². The minimum absolute atomic E-state index is 0.0290. The van der Waals surface area contributed by atoms with Crippen LogP contribution in [0.15, 0.2) is 30.3 Å². The predicted molar refractivity (Wildman–Crippen MR) is 102 cm³/mol. The Morgan fingerprint density at radius 1 is 1.06 bits per heavy atom. The van der Waals surface area contributed by atoms with Gasteiger partial charge in [-0.2, -0.15) is 21.6 Å². The van der Waals surface area contributed by atoms with Crippen LogP contribution < -0.4 is 4.74 Å². The van der Waals surface area contributed by atoms with Crippen molar-refractivity contribution in [3.05, 3.63) is 41.5 Å². The number of carbonyl (C=O) groups is 3. The zero-order chi connectivity index (χ0) is 24.1. The van der Waals surface area contributed by atoms with Gasteiger partial charge in [0.1, 0.15) is 11.4 Å². The normalized spacial score (nSPS) is 14.6. The van der Waals surface area contributed by atoms with Crippen LogP contribution in [0.1, 0.15) is 47.9 Å².